The van der Waals surface area contributed by atoms with Gasteiger partial charge in [0.2, 0.25) is 0 Å². The Balaban J connectivity index is 1.64. The molecular weight excluding hydrogens is 514 g/mol. The van der Waals surface area contributed by atoms with Gasteiger partial charge in [-0.15, -0.1) is 0 Å². The zero-order chi connectivity index (χ0) is 17.4. The third-order valence-corrected chi connectivity index (χ3v) is 6.26. The van der Waals surface area contributed by atoms with Crippen molar-refractivity contribution in [3.8, 4) is 0 Å². The Morgan fingerprint density at radius 3 is 2.88 bits per heavy atom. The van der Waals surface area contributed by atoms with Crippen LogP contribution in [0.4, 0.5) is 0 Å². The summed E-state index contributed by atoms with van der Waals surface area (Å²) in [6.07, 6.45) is 4.08. The fourth-order valence-electron chi connectivity index (χ4n) is 3.56. The molecule has 0 spiro atoms. The maximum Gasteiger partial charge on any atom is 0.155 e. The van der Waals surface area contributed by atoms with E-state index in [4.69, 9.17) is 16.6 Å². The quantitative estimate of drug-likeness (QED) is 0.440. The van der Waals surface area contributed by atoms with Gasteiger partial charge in [0.15, 0.2) is 5.15 Å². The number of imidazole rings is 1. The third kappa shape index (κ3) is 3.59. The molecule has 0 N–H and O–H groups in total. The van der Waals surface area contributed by atoms with Crippen molar-refractivity contribution in [2.75, 3.05) is 13.1 Å². The molecule has 7 heteroatoms. The molecule has 4 rings (SSSR count). The number of benzene rings is 1. The van der Waals surface area contributed by atoms with Crippen LogP contribution in [0.2, 0.25) is 5.15 Å². The number of hydrogen-bond acceptors (Lipinski definition) is 3. The van der Waals surface area contributed by atoms with Crippen LogP contribution in [0.3, 0.4) is 0 Å². The first-order chi connectivity index (χ1) is 12.1. The van der Waals surface area contributed by atoms with Gasteiger partial charge in [0, 0.05) is 19.0 Å². The molecule has 0 aliphatic carbocycles. The Labute approximate surface area is 173 Å². The summed E-state index contributed by atoms with van der Waals surface area (Å²) in [6.45, 7) is 3.13. The molecule has 2 aromatic heterocycles. The molecule has 3 aromatic rings. The van der Waals surface area contributed by atoms with Crippen molar-refractivity contribution in [1.82, 2.24) is 19.3 Å². The molecular formula is C18H17BrClIN4. The maximum atomic E-state index is 6.31. The highest BCUT2D eigenvalue weighted by atomic mass is 127. The number of piperidine rings is 1. The average molecular weight is 532 g/mol. The van der Waals surface area contributed by atoms with E-state index in [9.17, 15) is 0 Å². The van der Waals surface area contributed by atoms with Crippen LogP contribution >= 0.6 is 50.1 Å². The van der Waals surface area contributed by atoms with Crippen molar-refractivity contribution in [3.05, 3.63) is 61.4 Å². The van der Waals surface area contributed by atoms with Gasteiger partial charge in [-0.05, 0) is 63.5 Å². The molecule has 4 nitrogen and oxygen atoms in total. The molecule has 25 heavy (non-hydrogen) atoms. The normalized spacial score (nSPS) is 18.8. The number of nitrogens with zero attached hydrogens (tertiary/aromatic N) is 4. The molecule has 0 amide bonds. The second-order valence-electron chi connectivity index (χ2n) is 6.38. The summed E-state index contributed by atoms with van der Waals surface area (Å²) >= 11 is 12.2. The number of aromatic nitrogens is 3. The molecule has 1 aliphatic rings. The van der Waals surface area contributed by atoms with Crippen LogP contribution in [0, 0.1) is 3.70 Å². The van der Waals surface area contributed by atoms with Crippen LogP contribution in [-0.4, -0.2) is 32.4 Å². The number of rotatable bonds is 3. The minimum Gasteiger partial charge on any atom is -0.298 e. The van der Waals surface area contributed by atoms with Crippen molar-refractivity contribution in [1.29, 1.82) is 0 Å². The number of fused-ring (bicyclic) bond motifs is 1. The van der Waals surface area contributed by atoms with Crippen LogP contribution in [0.5, 0.6) is 0 Å². The Hall–Kier alpha value is -0.700. The highest BCUT2D eigenvalue weighted by Gasteiger charge is 2.27. The molecule has 0 saturated carbocycles. The van der Waals surface area contributed by atoms with Gasteiger partial charge in [0.05, 0.1) is 6.20 Å². The molecule has 1 fully saturated rings. The topological polar surface area (TPSA) is 33.4 Å². The largest absolute Gasteiger partial charge is 0.298 e. The summed E-state index contributed by atoms with van der Waals surface area (Å²) in [7, 11) is 0. The highest BCUT2D eigenvalue weighted by Crippen LogP contribution is 2.33. The van der Waals surface area contributed by atoms with Crippen LogP contribution in [0.15, 0.2) is 41.1 Å². The molecule has 0 bridgehead atoms. The van der Waals surface area contributed by atoms with Crippen LogP contribution in [0.1, 0.15) is 30.1 Å². The minimum absolute atomic E-state index is 0.392. The van der Waals surface area contributed by atoms with Gasteiger partial charge in [-0.1, -0.05) is 41.9 Å². The second-order valence-corrected chi connectivity index (χ2v) is 8.57. The summed E-state index contributed by atoms with van der Waals surface area (Å²) in [6, 6.07) is 10.7. The molecule has 0 radical (unpaired) electrons. The van der Waals surface area contributed by atoms with Gasteiger partial charge < -0.3 is 0 Å². The summed E-state index contributed by atoms with van der Waals surface area (Å²) in [5.41, 5.74) is 2.26. The Kier molecular flexibility index (Phi) is 5.31. The first-order valence-corrected chi connectivity index (χ1v) is 10.5. The SMILES string of the molecule is Clc1ncc(Br)n2c([C@@H]3CCCN(Cc4ccccc4)C3)nc(I)c12. The standard InChI is InChI=1S/C18H17BrClIN4/c19-14-9-22-16(20)15-17(21)23-18(25(14)15)13-7-4-8-24(11-13)10-12-5-2-1-3-6-12/h1-3,5-6,9,13H,4,7-8,10-11H2/t13-/m1/s1. The summed E-state index contributed by atoms with van der Waals surface area (Å²) in [5.74, 6) is 1.47. The predicted molar refractivity (Wildman–Crippen MR) is 112 cm³/mol. The summed E-state index contributed by atoms with van der Waals surface area (Å²) < 4.78 is 3.93. The summed E-state index contributed by atoms with van der Waals surface area (Å²) in [5, 5.41) is 0.503. The minimum atomic E-state index is 0.392. The van der Waals surface area contributed by atoms with Crippen molar-refractivity contribution >= 4 is 55.6 Å². The maximum absolute atomic E-state index is 6.31. The van der Waals surface area contributed by atoms with Crippen molar-refractivity contribution in [3.63, 3.8) is 0 Å². The van der Waals surface area contributed by atoms with E-state index in [-0.39, 0.29) is 0 Å². The lowest BCUT2D eigenvalue weighted by Gasteiger charge is -2.32. The van der Waals surface area contributed by atoms with Gasteiger partial charge in [0.25, 0.3) is 0 Å². The molecule has 3 heterocycles. The molecule has 1 saturated heterocycles. The number of hydrogen-bond donors (Lipinski definition) is 0. The van der Waals surface area contributed by atoms with Crippen molar-refractivity contribution in [2.45, 2.75) is 25.3 Å². The Morgan fingerprint density at radius 2 is 2.08 bits per heavy atom. The van der Waals surface area contributed by atoms with Gasteiger partial charge >= 0.3 is 0 Å². The molecule has 1 aliphatic heterocycles. The van der Waals surface area contributed by atoms with E-state index < -0.39 is 0 Å². The van der Waals surface area contributed by atoms with E-state index >= 15 is 0 Å². The smallest absolute Gasteiger partial charge is 0.155 e. The molecule has 1 atom stereocenters. The summed E-state index contributed by atoms with van der Waals surface area (Å²) in [4.78, 5) is 11.6. The highest BCUT2D eigenvalue weighted by molar-refractivity contribution is 14.1. The fourth-order valence-corrected chi connectivity index (χ4v) is 5.15. The van der Waals surface area contributed by atoms with Gasteiger partial charge in [-0.2, -0.15) is 0 Å². The zero-order valence-corrected chi connectivity index (χ0v) is 18.0. The lowest BCUT2D eigenvalue weighted by atomic mass is 9.96. The Bertz CT molecular complexity index is 899. The van der Waals surface area contributed by atoms with E-state index in [1.807, 2.05) is 0 Å². The third-order valence-electron chi connectivity index (χ3n) is 4.67. The van der Waals surface area contributed by atoms with E-state index in [1.165, 1.54) is 12.0 Å². The monoisotopic (exact) mass is 530 g/mol. The molecule has 0 unspecified atom stereocenters. The Morgan fingerprint density at radius 1 is 1.28 bits per heavy atom. The average Bonchev–Trinajstić information content (AvgIpc) is 2.98. The van der Waals surface area contributed by atoms with E-state index in [0.717, 1.165) is 45.7 Å². The van der Waals surface area contributed by atoms with Gasteiger partial charge in [-0.25, -0.2) is 9.97 Å². The first-order valence-electron chi connectivity index (χ1n) is 8.27. The predicted octanol–water partition coefficient (Wildman–Crippen LogP) is 5.13. The van der Waals surface area contributed by atoms with Gasteiger partial charge in [0.1, 0.15) is 19.6 Å². The lowest BCUT2D eigenvalue weighted by Crippen LogP contribution is -2.34. The second kappa shape index (κ2) is 7.50. The van der Waals surface area contributed by atoms with Crippen molar-refractivity contribution < 1.29 is 0 Å². The van der Waals surface area contributed by atoms with E-state index in [2.05, 4.69) is 83.1 Å². The van der Waals surface area contributed by atoms with Crippen LogP contribution in [0.25, 0.3) is 5.52 Å². The molecule has 1 aromatic carbocycles. The van der Waals surface area contributed by atoms with Crippen LogP contribution < -0.4 is 0 Å². The lowest BCUT2D eigenvalue weighted by molar-refractivity contribution is 0.196. The van der Waals surface area contributed by atoms with Gasteiger partial charge in [-0.3, -0.25) is 9.30 Å². The first kappa shape index (κ1) is 17.7. The van der Waals surface area contributed by atoms with E-state index in [1.54, 1.807) is 6.20 Å². The number of halogens is 3. The molecule has 130 valence electrons. The van der Waals surface area contributed by atoms with Crippen LogP contribution in [-0.2, 0) is 6.54 Å². The fraction of sp³-hybridized carbons (Fsp3) is 0.333. The van der Waals surface area contributed by atoms with Crippen molar-refractivity contribution in [2.24, 2.45) is 0 Å². The number of likely N-dealkylation sites (tertiary alicyclic amines) is 1. The zero-order valence-electron chi connectivity index (χ0n) is 13.5. The van der Waals surface area contributed by atoms with E-state index in [0.29, 0.717) is 11.1 Å².